The standard InChI is InChI=1S/C13H17N3S/c1-10-7-14-13(15-10)12-3-2-5-16(12)8-11-4-6-17-9-11/h4,6-7,9,12H,2-3,5,8H2,1H3,(H,14,15). The number of hydrogen-bond donors (Lipinski definition) is 1. The molecule has 17 heavy (non-hydrogen) atoms. The minimum Gasteiger partial charge on any atom is -0.345 e. The van der Waals surface area contributed by atoms with Gasteiger partial charge in [-0.25, -0.2) is 4.98 Å². The molecule has 3 nitrogen and oxygen atoms in total. The van der Waals surface area contributed by atoms with E-state index in [0.29, 0.717) is 6.04 Å². The van der Waals surface area contributed by atoms with Crippen molar-refractivity contribution in [1.82, 2.24) is 14.9 Å². The highest BCUT2D eigenvalue weighted by molar-refractivity contribution is 7.07. The van der Waals surface area contributed by atoms with Crippen LogP contribution in [0.4, 0.5) is 0 Å². The Morgan fingerprint density at radius 3 is 3.24 bits per heavy atom. The first-order valence-corrected chi connectivity index (χ1v) is 7.04. The van der Waals surface area contributed by atoms with E-state index in [1.807, 2.05) is 6.20 Å². The van der Waals surface area contributed by atoms with Gasteiger partial charge in [-0.3, -0.25) is 4.90 Å². The molecular weight excluding hydrogens is 230 g/mol. The molecule has 0 aromatic carbocycles. The minimum atomic E-state index is 0.476. The minimum absolute atomic E-state index is 0.476. The summed E-state index contributed by atoms with van der Waals surface area (Å²) in [6.45, 7) is 4.29. The number of aromatic nitrogens is 2. The lowest BCUT2D eigenvalue weighted by Gasteiger charge is -2.22. The molecule has 1 N–H and O–H groups in total. The largest absolute Gasteiger partial charge is 0.345 e. The second-order valence-electron chi connectivity index (χ2n) is 4.71. The molecule has 3 rings (SSSR count). The lowest BCUT2D eigenvalue weighted by molar-refractivity contribution is 0.241. The molecule has 1 saturated heterocycles. The Bertz CT molecular complexity index is 475. The van der Waals surface area contributed by atoms with Crippen LogP contribution >= 0.6 is 11.3 Å². The van der Waals surface area contributed by atoms with Gasteiger partial charge in [-0.05, 0) is 48.7 Å². The highest BCUT2D eigenvalue weighted by atomic mass is 32.1. The van der Waals surface area contributed by atoms with Crippen LogP contribution in [0.25, 0.3) is 0 Å². The van der Waals surface area contributed by atoms with Gasteiger partial charge in [0.15, 0.2) is 0 Å². The first-order valence-electron chi connectivity index (χ1n) is 6.09. The summed E-state index contributed by atoms with van der Waals surface area (Å²) in [4.78, 5) is 10.4. The monoisotopic (exact) mass is 247 g/mol. The number of hydrogen-bond acceptors (Lipinski definition) is 3. The Balaban J connectivity index is 1.76. The summed E-state index contributed by atoms with van der Waals surface area (Å²) < 4.78 is 0. The number of imidazole rings is 1. The number of nitrogens with zero attached hydrogens (tertiary/aromatic N) is 2. The summed E-state index contributed by atoms with van der Waals surface area (Å²) in [7, 11) is 0. The molecule has 0 aliphatic carbocycles. The highest BCUT2D eigenvalue weighted by Gasteiger charge is 2.27. The molecule has 0 saturated carbocycles. The van der Waals surface area contributed by atoms with Crippen molar-refractivity contribution in [1.29, 1.82) is 0 Å². The van der Waals surface area contributed by atoms with Crippen LogP contribution in [0.5, 0.6) is 0 Å². The van der Waals surface area contributed by atoms with Gasteiger partial charge in [-0.2, -0.15) is 11.3 Å². The van der Waals surface area contributed by atoms with Gasteiger partial charge < -0.3 is 4.98 Å². The molecule has 0 radical (unpaired) electrons. The van der Waals surface area contributed by atoms with E-state index in [0.717, 1.165) is 18.1 Å². The number of likely N-dealkylation sites (tertiary alicyclic amines) is 1. The van der Waals surface area contributed by atoms with Gasteiger partial charge in [0.1, 0.15) is 5.82 Å². The Morgan fingerprint density at radius 2 is 2.53 bits per heavy atom. The van der Waals surface area contributed by atoms with Crippen LogP contribution in [0, 0.1) is 6.92 Å². The highest BCUT2D eigenvalue weighted by Crippen LogP contribution is 2.31. The molecule has 1 atom stereocenters. The maximum atomic E-state index is 4.48. The molecule has 2 aromatic heterocycles. The zero-order chi connectivity index (χ0) is 11.7. The SMILES string of the molecule is Cc1cnc(C2CCCN2Cc2ccsc2)[nH]1. The molecule has 2 aromatic rings. The molecule has 1 aliphatic heterocycles. The zero-order valence-electron chi connectivity index (χ0n) is 10.0. The summed E-state index contributed by atoms with van der Waals surface area (Å²) >= 11 is 1.77. The van der Waals surface area contributed by atoms with Crippen molar-refractivity contribution >= 4 is 11.3 Å². The third kappa shape index (κ3) is 2.28. The summed E-state index contributed by atoms with van der Waals surface area (Å²) in [5.74, 6) is 1.13. The van der Waals surface area contributed by atoms with Crippen LogP contribution in [0.3, 0.4) is 0 Å². The van der Waals surface area contributed by atoms with E-state index >= 15 is 0 Å². The van der Waals surface area contributed by atoms with Crippen molar-refractivity contribution in [3.8, 4) is 0 Å². The van der Waals surface area contributed by atoms with Crippen molar-refractivity contribution in [2.24, 2.45) is 0 Å². The number of aryl methyl sites for hydroxylation is 1. The van der Waals surface area contributed by atoms with E-state index in [9.17, 15) is 0 Å². The van der Waals surface area contributed by atoms with Crippen molar-refractivity contribution in [3.05, 3.63) is 40.1 Å². The second-order valence-corrected chi connectivity index (χ2v) is 5.49. The van der Waals surface area contributed by atoms with E-state index in [2.05, 4.69) is 38.6 Å². The fourth-order valence-electron chi connectivity index (χ4n) is 2.54. The third-order valence-corrected chi connectivity index (χ3v) is 4.10. The van der Waals surface area contributed by atoms with Crippen molar-refractivity contribution in [2.75, 3.05) is 6.54 Å². The molecule has 4 heteroatoms. The van der Waals surface area contributed by atoms with Gasteiger partial charge in [-0.1, -0.05) is 0 Å². The summed E-state index contributed by atoms with van der Waals surface area (Å²) in [5.41, 5.74) is 2.58. The molecule has 1 aliphatic rings. The van der Waals surface area contributed by atoms with Gasteiger partial charge in [0, 0.05) is 18.4 Å². The average molecular weight is 247 g/mol. The van der Waals surface area contributed by atoms with Crippen molar-refractivity contribution in [3.63, 3.8) is 0 Å². The van der Waals surface area contributed by atoms with E-state index in [1.165, 1.54) is 24.9 Å². The van der Waals surface area contributed by atoms with Crippen molar-refractivity contribution in [2.45, 2.75) is 32.4 Å². The predicted octanol–water partition coefficient (Wildman–Crippen LogP) is 3.12. The number of thiophene rings is 1. The Hall–Kier alpha value is -1.13. The van der Waals surface area contributed by atoms with Crippen LogP contribution in [-0.2, 0) is 6.54 Å². The predicted molar refractivity (Wildman–Crippen MR) is 70.0 cm³/mol. The fraction of sp³-hybridized carbons (Fsp3) is 0.462. The molecule has 0 bridgehead atoms. The molecule has 1 fully saturated rings. The quantitative estimate of drug-likeness (QED) is 0.903. The van der Waals surface area contributed by atoms with Gasteiger partial charge in [-0.15, -0.1) is 0 Å². The van der Waals surface area contributed by atoms with Crippen LogP contribution in [0.1, 0.15) is 36.0 Å². The van der Waals surface area contributed by atoms with Gasteiger partial charge in [0.2, 0.25) is 0 Å². The lowest BCUT2D eigenvalue weighted by atomic mass is 10.2. The molecular formula is C13H17N3S. The van der Waals surface area contributed by atoms with E-state index in [4.69, 9.17) is 0 Å². The van der Waals surface area contributed by atoms with Crippen LogP contribution in [0.15, 0.2) is 23.0 Å². The summed E-state index contributed by atoms with van der Waals surface area (Å²) in [5, 5.41) is 4.39. The first kappa shape index (κ1) is 11.0. The fourth-order valence-corrected chi connectivity index (χ4v) is 3.20. The smallest absolute Gasteiger partial charge is 0.123 e. The summed E-state index contributed by atoms with van der Waals surface area (Å²) in [6.07, 6.45) is 4.42. The number of rotatable bonds is 3. The lowest BCUT2D eigenvalue weighted by Crippen LogP contribution is -2.23. The molecule has 3 heterocycles. The van der Waals surface area contributed by atoms with Crippen LogP contribution < -0.4 is 0 Å². The Morgan fingerprint density at radius 1 is 1.59 bits per heavy atom. The molecule has 1 unspecified atom stereocenters. The van der Waals surface area contributed by atoms with E-state index < -0.39 is 0 Å². The number of aromatic amines is 1. The Kier molecular flexibility index (Phi) is 2.99. The molecule has 0 spiro atoms. The summed E-state index contributed by atoms with van der Waals surface area (Å²) in [6, 6.07) is 2.69. The average Bonchev–Trinajstić information content (AvgIpc) is 2.99. The van der Waals surface area contributed by atoms with Gasteiger partial charge in [0.25, 0.3) is 0 Å². The van der Waals surface area contributed by atoms with Gasteiger partial charge in [0.05, 0.1) is 6.04 Å². The van der Waals surface area contributed by atoms with E-state index in [1.54, 1.807) is 11.3 Å². The van der Waals surface area contributed by atoms with Crippen LogP contribution in [0.2, 0.25) is 0 Å². The maximum Gasteiger partial charge on any atom is 0.123 e. The topological polar surface area (TPSA) is 31.9 Å². The zero-order valence-corrected chi connectivity index (χ0v) is 10.8. The second kappa shape index (κ2) is 4.63. The number of H-pyrrole nitrogens is 1. The molecule has 90 valence electrons. The first-order chi connectivity index (χ1) is 8.33. The van der Waals surface area contributed by atoms with Gasteiger partial charge >= 0.3 is 0 Å². The van der Waals surface area contributed by atoms with E-state index in [-0.39, 0.29) is 0 Å². The Labute approximate surface area is 106 Å². The third-order valence-electron chi connectivity index (χ3n) is 3.37. The molecule has 0 amide bonds. The number of nitrogens with one attached hydrogen (secondary N) is 1. The van der Waals surface area contributed by atoms with Crippen LogP contribution in [-0.4, -0.2) is 21.4 Å². The normalized spacial score (nSPS) is 21.1. The maximum absolute atomic E-state index is 4.48. The van der Waals surface area contributed by atoms with Crippen molar-refractivity contribution < 1.29 is 0 Å².